The third-order valence-corrected chi connectivity index (χ3v) is 3.24. The molecule has 0 radical (unpaired) electrons. The highest BCUT2D eigenvalue weighted by Crippen LogP contribution is 2.28. The predicted octanol–water partition coefficient (Wildman–Crippen LogP) is 2.93. The van der Waals surface area contributed by atoms with Crippen molar-refractivity contribution in [3.8, 4) is 5.75 Å². The lowest BCUT2D eigenvalue weighted by molar-refractivity contribution is 0.102. The Bertz CT molecular complexity index is 624. The molecule has 2 aromatic rings. The number of phenolic OH excluding ortho intramolecular Hbond substituents is 1. The molecule has 0 unspecified atom stereocenters. The fraction of sp³-hybridized carbons (Fsp3) is 0.133. The van der Waals surface area contributed by atoms with Crippen LogP contribution in [-0.4, -0.2) is 15.9 Å². The minimum absolute atomic E-state index is 0.0610. The zero-order valence-corrected chi connectivity index (χ0v) is 9.81. The minimum Gasteiger partial charge on any atom is -0.508 e. The Morgan fingerprint density at radius 1 is 1.22 bits per heavy atom. The number of phenols is 1. The molecular weight excluding hydrogens is 226 g/mol. The monoisotopic (exact) mass is 239 g/mol. The van der Waals surface area contributed by atoms with Crippen molar-refractivity contribution < 1.29 is 9.90 Å². The van der Waals surface area contributed by atoms with Gasteiger partial charge >= 0.3 is 0 Å². The number of aromatic amines is 1. The van der Waals surface area contributed by atoms with Crippen LogP contribution in [0.4, 0.5) is 0 Å². The Morgan fingerprint density at radius 3 is 2.89 bits per heavy atom. The number of ketones is 1. The third kappa shape index (κ3) is 1.84. The van der Waals surface area contributed by atoms with Crippen molar-refractivity contribution >= 4 is 11.9 Å². The van der Waals surface area contributed by atoms with E-state index < -0.39 is 0 Å². The van der Waals surface area contributed by atoms with Gasteiger partial charge in [-0.3, -0.25) is 4.79 Å². The number of aryl methyl sites for hydroxylation is 1. The molecule has 3 heteroatoms. The molecule has 0 saturated carbocycles. The number of H-pyrrole nitrogens is 1. The molecule has 3 nitrogen and oxygen atoms in total. The molecule has 2 N–H and O–H groups in total. The van der Waals surface area contributed by atoms with E-state index in [1.807, 2.05) is 24.4 Å². The number of allylic oxidation sites excluding steroid dienone is 1. The molecule has 3 rings (SSSR count). The van der Waals surface area contributed by atoms with Gasteiger partial charge in [-0.2, -0.15) is 0 Å². The van der Waals surface area contributed by atoms with Crippen LogP contribution in [0.25, 0.3) is 6.08 Å². The lowest BCUT2D eigenvalue weighted by Crippen LogP contribution is -2.13. The Balaban J connectivity index is 1.99. The number of hydrogen-bond acceptors (Lipinski definition) is 2. The average molecular weight is 239 g/mol. The van der Waals surface area contributed by atoms with E-state index in [0.717, 1.165) is 23.3 Å². The van der Waals surface area contributed by atoms with Crippen LogP contribution < -0.4 is 0 Å². The van der Waals surface area contributed by atoms with Crippen molar-refractivity contribution in [3.05, 3.63) is 58.9 Å². The molecule has 0 saturated heterocycles. The smallest absolute Gasteiger partial charge is 0.189 e. The van der Waals surface area contributed by atoms with Gasteiger partial charge in [-0.25, -0.2) is 0 Å². The van der Waals surface area contributed by atoms with Gasteiger partial charge in [-0.05, 0) is 54.8 Å². The number of benzene rings is 1. The van der Waals surface area contributed by atoms with Gasteiger partial charge < -0.3 is 10.1 Å². The Labute approximate surface area is 105 Å². The number of nitrogens with one attached hydrogen (secondary N) is 1. The molecule has 90 valence electrons. The summed E-state index contributed by atoms with van der Waals surface area (Å²) in [6.45, 7) is 0. The van der Waals surface area contributed by atoms with Gasteiger partial charge in [0, 0.05) is 23.0 Å². The molecule has 1 aromatic carbocycles. The summed E-state index contributed by atoms with van der Waals surface area (Å²) in [6, 6.07) is 8.79. The van der Waals surface area contributed by atoms with Crippen molar-refractivity contribution in [2.45, 2.75) is 12.8 Å². The number of fused-ring (bicyclic) bond motifs is 1. The molecule has 1 aliphatic carbocycles. The zero-order valence-electron chi connectivity index (χ0n) is 9.81. The summed E-state index contributed by atoms with van der Waals surface area (Å²) in [7, 11) is 0. The van der Waals surface area contributed by atoms with E-state index in [-0.39, 0.29) is 11.5 Å². The first kappa shape index (κ1) is 10.8. The summed E-state index contributed by atoms with van der Waals surface area (Å²) < 4.78 is 0. The number of carbonyl (C=O) groups excluding carboxylic acids is 1. The second-order valence-corrected chi connectivity index (χ2v) is 4.47. The Kier molecular flexibility index (Phi) is 2.52. The van der Waals surface area contributed by atoms with Crippen molar-refractivity contribution in [1.29, 1.82) is 0 Å². The second kappa shape index (κ2) is 4.18. The topological polar surface area (TPSA) is 53.1 Å². The van der Waals surface area contributed by atoms with Crippen molar-refractivity contribution in [1.82, 2.24) is 4.98 Å². The number of Topliss-reactive ketones (excluding diaryl/α,β-unsaturated/α-hetero) is 1. The van der Waals surface area contributed by atoms with Gasteiger partial charge in [0.2, 0.25) is 0 Å². The lowest BCUT2D eigenvalue weighted by Gasteiger charge is -2.17. The van der Waals surface area contributed by atoms with Crippen molar-refractivity contribution in [2.24, 2.45) is 0 Å². The quantitative estimate of drug-likeness (QED) is 0.752. The highest BCUT2D eigenvalue weighted by atomic mass is 16.3. The molecule has 0 spiro atoms. The van der Waals surface area contributed by atoms with Crippen LogP contribution in [0.15, 0.2) is 42.1 Å². The molecule has 0 aliphatic heterocycles. The van der Waals surface area contributed by atoms with Crippen LogP contribution in [0.5, 0.6) is 5.75 Å². The fourth-order valence-electron chi connectivity index (χ4n) is 2.32. The van der Waals surface area contributed by atoms with Gasteiger partial charge in [0.05, 0.1) is 0 Å². The lowest BCUT2D eigenvalue weighted by atomic mass is 9.86. The van der Waals surface area contributed by atoms with Crippen LogP contribution in [-0.2, 0) is 6.42 Å². The molecule has 0 fully saturated rings. The molecular formula is C15H13NO2. The Morgan fingerprint density at radius 2 is 2.11 bits per heavy atom. The number of carbonyl (C=O) groups is 1. The molecule has 0 bridgehead atoms. The van der Waals surface area contributed by atoms with Crippen LogP contribution >= 0.6 is 0 Å². The minimum atomic E-state index is 0.0610. The maximum atomic E-state index is 12.3. The maximum Gasteiger partial charge on any atom is 0.189 e. The van der Waals surface area contributed by atoms with Gasteiger partial charge in [0.25, 0.3) is 0 Å². The van der Waals surface area contributed by atoms with Crippen LogP contribution in [0.1, 0.15) is 28.0 Å². The summed E-state index contributed by atoms with van der Waals surface area (Å²) in [6.07, 6.45) is 5.25. The standard InChI is InChI=1S/C15H13NO2/c17-13-5-6-14-10(9-13)3-4-11(15(14)18)8-12-2-1-7-16-12/h1-2,5-9,16-17H,3-4H2/b11-8+. The normalized spacial score (nSPS) is 16.9. The molecule has 1 aromatic heterocycles. The molecule has 0 atom stereocenters. The Hall–Kier alpha value is -2.29. The van der Waals surface area contributed by atoms with E-state index in [1.165, 1.54) is 0 Å². The van der Waals surface area contributed by atoms with Crippen molar-refractivity contribution in [3.63, 3.8) is 0 Å². The first-order chi connectivity index (χ1) is 8.74. The number of hydrogen-bond donors (Lipinski definition) is 2. The number of aromatic hydroxyl groups is 1. The average Bonchev–Trinajstić information content (AvgIpc) is 2.85. The summed E-state index contributed by atoms with van der Waals surface area (Å²) >= 11 is 0. The highest BCUT2D eigenvalue weighted by molar-refractivity contribution is 6.13. The predicted molar refractivity (Wildman–Crippen MR) is 69.5 cm³/mol. The van der Waals surface area contributed by atoms with Crippen LogP contribution in [0.3, 0.4) is 0 Å². The summed E-state index contributed by atoms with van der Waals surface area (Å²) in [5, 5.41) is 9.42. The van der Waals surface area contributed by atoms with Crippen LogP contribution in [0, 0.1) is 0 Å². The molecule has 18 heavy (non-hydrogen) atoms. The first-order valence-electron chi connectivity index (χ1n) is 5.94. The molecule has 1 heterocycles. The van der Waals surface area contributed by atoms with E-state index in [1.54, 1.807) is 18.2 Å². The van der Waals surface area contributed by atoms with Crippen molar-refractivity contribution in [2.75, 3.05) is 0 Å². The van der Waals surface area contributed by atoms with Gasteiger partial charge in [-0.1, -0.05) is 0 Å². The molecule has 1 aliphatic rings. The van der Waals surface area contributed by atoms with E-state index >= 15 is 0 Å². The van der Waals surface area contributed by atoms with E-state index in [2.05, 4.69) is 4.98 Å². The van der Waals surface area contributed by atoms with E-state index in [4.69, 9.17) is 0 Å². The van der Waals surface area contributed by atoms with Crippen LogP contribution in [0.2, 0.25) is 0 Å². The SMILES string of the molecule is O=C1/C(=C/c2ccc[nH]2)CCc2cc(O)ccc21. The zero-order chi connectivity index (χ0) is 12.5. The highest BCUT2D eigenvalue weighted by Gasteiger charge is 2.21. The van der Waals surface area contributed by atoms with Gasteiger partial charge in [0.1, 0.15) is 5.75 Å². The summed E-state index contributed by atoms with van der Waals surface area (Å²) in [5.41, 5.74) is 3.40. The summed E-state index contributed by atoms with van der Waals surface area (Å²) in [4.78, 5) is 15.4. The second-order valence-electron chi connectivity index (χ2n) is 4.47. The van der Waals surface area contributed by atoms with Gasteiger partial charge in [-0.15, -0.1) is 0 Å². The van der Waals surface area contributed by atoms with E-state index in [0.29, 0.717) is 12.0 Å². The number of aromatic nitrogens is 1. The summed E-state index contributed by atoms with van der Waals surface area (Å²) in [5.74, 6) is 0.282. The number of rotatable bonds is 1. The third-order valence-electron chi connectivity index (χ3n) is 3.24. The molecule has 0 amide bonds. The van der Waals surface area contributed by atoms with Gasteiger partial charge in [0.15, 0.2) is 5.78 Å². The van der Waals surface area contributed by atoms with E-state index in [9.17, 15) is 9.90 Å². The first-order valence-corrected chi connectivity index (χ1v) is 5.94. The maximum absolute atomic E-state index is 12.3. The largest absolute Gasteiger partial charge is 0.508 e. The fourth-order valence-corrected chi connectivity index (χ4v) is 2.32.